The highest BCUT2D eigenvalue weighted by Gasteiger charge is 2.40. The first-order valence-electron chi connectivity index (χ1n) is 23.1. The molecule has 2 fully saturated rings. The van der Waals surface area contributed by atoms with Gasteiger partial charge in [0, 0.05) is 74.8 Å². The zero-order chi connectivity index (χ0) is 47.6. The van der Waals surface area contributed by atoms with Gasteiger partial charge in [-0.15, -0.1) is 0 Å². The van der Waals surface area contributed by atoms with Gasteiger partial charge in [0.15, 0.2) is 0 Å². The summed E-state index contributed by atoms with van der Waals surface area (Å²) in [5.41, 5.74) is 9.50. The van der Waals surface area contributed by atoms with Crippen molar-refractivity contribution in [3.8, 4) is 28.1 Å². The van der Waals surface area contributed by atoms with E-state index in [0.29, 0.717) is 49.9 Å². The van der Waals surface area contributed by atoms with E-state index in [9.17, 15) is 29.1 Å². The predicted molar refractivity (Wildman–Crippen MR) is 249 cm³/mol. The van der Waals surface area contributed by atoms with Gasteiger partial charge < -0.3 is 39.0 Å². The summed E-state index contributed by atoms with van der Waals surface area (Å²) in [5.74, 6) is -2.70. The summed E-state index contributed by atoms with van der Waals surface area (Å²) in [4.78, 5) is 76.9. The Morgan fingerprint density at radius 3 is 2.53 bits per heavy atom. The molecule has 354 valence electrons. The van der Waals surface area contributed by atoms with Crippen LogP contribution in [-0.2, 0) is 52.8 Å². The largest absolute Gasteiger partial charge is 0.508 e. The predicted octanol–water partition coefficient (Wildman–Crippen LogP) is 6.02. The molecule has 3 aliphatic rings. The number of nitrogens with one attached hydrogen (secondary N) is 2. The second-order valence-electron chi connectivity index (χ2n) is 19.1. The standard InChI is InChI=1S/C50H65N7O9/c1-10-56-41-16-15-32-25-37(41)38(44(56)36-13-11-18-51-42(36)30(4)64-8)26-50(5,6)28-66-48(62)39-14-12-19-57(53-39)47(61)40(23-31-21-34(32)24-35(58)22-31)52-45(59)43(29(2)3)54(7)46(60)33-17-20-55(27-33)49(63)65-9/h11,13,15-16,18,21-22,24-25,29-30,33,39-40,43,53,58H,10,12,14,17,19-20,23,26-28H2,1-9H3,(H,52,59)/t30-,33+,39-,40-,43-/m0/s1. The van der Waals surface area contributed by atoms with Gasteiger partial charge in [0.1, 0.15) is 23.9 Å². The topological polar surface area (TPSA) is 185 Å². The summed E-state index contributed by atoms with van der Waals surface area (Å²) in [5, 5.41) is 16.7. The SMILES string of the molecule is CCn1c(-c2cccnc2[C@H](C)OC)c2c3cc(ccc31)-c1cc(O)cc(c1)C[C@H](NC(=O)[C@H](C(C)C)N(C)C(=O)[C@@H]1CCN(C(=O)OC)C1)C(=O)N1CCC[C@H](N1)C(=O)OCC(C)(C)C2. The van der Waals surface area contributed by atoms with Crippen molar-refractivity contribution in [3.05, 3.63) is 71.5 Å². The van der Waals surface area contributed by atoms with Gasteiger partial charge in [-0.2, -0.15) is 0 Å². The van der Waals surface area contributed by atoms with Crippen molar-refractivity contribution in [2.45, 2.75) is 104 Å². The van der Waals surface area contributed by atoms with Crippen LogP contribution in [0.25, 0.3) is 33.3 Å². The number of aryl methyl sites for hydroxylation is 1. The lowest BCUT2D eigenvalue weighted by Crippen LogP contribution is -2.62. The monoisotopic (exact) mass is 907 g/mol. The lowest BCUT2D eigenvalue weighted by molar-refractivity contribution is -0.155. The number of rotatable bonds is 9. The zero-order valence-electron chi connectivity index (χ0n) is 39.7. The number of aromatic nitrogens is 2. The van der Waals surface area contributed by atoms with Crippen molar-refractivity contribution >= 4 is 40.7 Å². The Morgan fingerprint density at radius 2 is 1.82 bits per heavy atom. The molecule has 4 amide bonds. The van der Waals surface area contributed by atoms with Crippen LogP contribution in [0.15, 0.2) is 54.7 Å². The van der Waals surface area contributed by atoms with Crippen LogP contribution in [0.1, 0.15) is 83.7 Å². The number of ether oxygens (including phenoxy) is 3. The van der Waals surface area contributed by atoms with E-state index in [0.717, 1.165) is 39.0 Å². The number of pyridine rings is 1. The molecule has 4 aromatic rings. The van der Waals surface area contributed by atoms with Crippen LogP contribution in [0.4, 0.5) is 4.79 Å². The van der Waals surface area contributed by atoms with Crippen molar-refractivity contribution in [3.63, 3.8) is 0 Å². The number of cyclic esters (lactones) is 1. The molecule has 3 N–H and O–H groups in total. The Morgan fingerprint density at radius 1 is 1.05 bits per heavy atom. The molecular formula is C50H65N7O9. The van der Waals surface area contributed by atoms with Crippen molar-refractivity contribution in [2.24, 2.45) is 17.3 Å². The average Bonchev–Trinajstić information content (AvgIpc) is 3.92. The van der Waals surface area contributed by atoms with Crippen molar-refractivity contribution in [1.29, 1.82) is 0 Å². The number of carbonyl (C=O) groups excluding carboxylic acids is 5. The molecule has 0 aliphatic carbocycles. The number of fused-ring (bicyclic) bond motifs is 6. The number of aromatic hydroxyl groups is 1. The Bertz CT molecular complexity index is 2480. The number of hydrogen-bond donors (Lipinski definition) is 3. The van der Waals surface area contributed by atoms with Crippen LogP contribution in [0.5, 0.6) is 5.75 Å². The molecule has 66 heavy (non-hydrogen) atoms. The molecule has 5 heterocycles. The van der Waals surface area contributed by atoms with Crippen LogP contribution in [-0.4, -0.2) is 125 Å². The van der Waals surface area contributed by atoms with Gasteiger partial charge in [0.25, 0.3) is 5.91 Å². The van der Waals surface area contributed by atoms with Crippen LogP contribution in [0.3, 0.4) is 0 Å². The number of likely N-dealkylation sites (N-methyl/N-ethyl adjacent to an activating group) is 1. The summed E-state index contributed by atoms with van der Waals surface area (Å²) in [6, 6.07) is 12.5. The molecule has 16 nitrogen and oxygen atoms in total. The molecule has 3 aliphatic heterocycles. The van der Waals surface area contributed by atoms with Crippen molar-refractivity contribution in [2.75, 3.05) is 47.5 Å². The second-order valence-corrected chi connectivity index (χ2v) is 19.1. The minimum atomic E-state index is -1.17. The van der Waals surface area contributed by atoms with Gasteiger partial charge in [-0.25, -0.2) is 10.2 Å². The molecule has 2 aromatic heterocycles. The fourth-order valence-corrected chi connectivity index (χ4v) is 9.93. The van der Waals surface area contributed by atoms with Gasteiger partial charge in [-0.3, -0.25) is 29.2 Å². The van der Waals surface area contributed by atoms with E-state index in [1.54, 1.807) is 32.5 Å². The molecule has 0 spiro atoms. The van der Waals surface area contributed by atoms with E-state index in [4.69, 9.17) is 19.2 Å². The van der Waals surface area contributed by atoms with E-state index >= 15 is 0 Å². The lowest BCUT2D eigenvalue weighted by Gasteiger charge is -2.37. The number of esters is 1. The molecule has 2 saturated heterocycles. The number of hydrazine groups is 1. The maximum Gasteiger partial charge on any atom is 0.409 e. The fraction of sp³-hybridized carbons (Fsp3) is 0.520. The van der Waals surface area contributed by atoms with Crippen molar-refractivity contribution < 1.29 is 43.3 Å². The molecule has 2 aromatic carbocycles. The number of amides is 4. The van der Waals surface area contributed by atoms with Crippen LogP contribution < -0.4 is 10.7 Å². The zero-order valence-corrected chi connectivity index (χ0v) is 39.7. The third-order valence-corrected chi connectivity index (χ3v) is 13.3. The smallest absolute Gasteiger partial charge is 0.409 e. The second kappa shape index (κ2) is 19.8. The van der Waals surface area contributed by atoms with Crippen LogP contribution in [0, 0.1) is 17.3 Å². The quantitative estimate of drug-likeness (QED) is 0.167. The maximum absolute atomic E-state index is 14.7. The minimum Gasteiger partial charge on any atom is -0.508 e. The van der Waals surface area contributed by atoms with Gasteiger partial charge in [-0.1, -0.05) is 39.8 Å². The maximum atomic E-state index is 14.7. The fourth-order valence-electron chi connectivity index (χ4n) is 9.93. The van der Waals surface area contributed by atoms with Gasteiger partial charge >= 0.3 is 12.1 Å². The number of methoxy groups -OCH3 is 2. The van der Waals surface area contributed by atoms with E-state index in [2.05, 4.69) is 54.3 Å². The molecule has 0 saturated carbocycles. The average molecular weight is 908 g/mol. The van der Waals surface area contributed by atoms with E-state index < -0.39 is 53.3 Å². The Labute approximate surface area is 386 Å². The van der Waals surface area contributed by atoms with Gasteiger partial charge in [0.05, 0.1) is 37.1 Å². The first-order chi connectivity index (χ1) is 31.4. The van der Waals surface area contributed by atoms with Crippen LogP contribution >= 0.6 is 0 Å². The summed E-state index contributed by atoms with van der Waals surface area (Å²) >= 11 is 0. The van der Waals surface area contributed by atoms with E-state index in [1.165, 1.54) is 21.9 Å². The number of nitrogens with zero attached hydrogens (tertiary/aromatic N) is 5. The van der Waals surface area contributed by atoms with Gasteiger partial charge in [0.2, 0.25) is 11.8 Å². The number of likely N-dealkylation sites (tertiary alicyclic amines) is 1. The molecule has 5 atom stereocenters. The minimum absolute atomic E-state index is 0.0156. The van der Waals surface area contributed by atoms with Crippen LogP contribution in [0.2, 0.25) is 0 Å². The summed E-state index contributed by atoms with van der Waals surface area (Å²) < 4.78 is 19.1. The normalized spacial score (nSPS) is 21.0. The highest BCUT2D eigenvalue weighted by molar-refractivity contribution is 5.96. The number of benzene rings is 2. The van der Waals surface area contributed by atoms with Crippen molar-refractivity contribution in [1.82, 2.24) is 35.1 Å². The van der Waals surface area contributed by atoms with Gasteiger partial charge in [-0.05, 0) is 104 Å². The Hall–Kier alpha value is -6.00. The highest BCUT2D eigenvalue weighted by atomic mass is 16.5. The number of hydrogen-bond acceptors (Lipinski definition) is 11. The third-order valence-electron chi connectivity index (χ3n) is 13.3. The molecular weight excluding hydrogens is 843 g/mol. The lowest BCUT2D eigenvalue weighted by atomic mass is 9.84. The summed E-state index contributed by atoms with van der Waals surface area (Å²) in [7, 11) is 4.53. The first-order valence-corrected chi connectivity index (χ1v) is 23.1. The number of phenolic OH excluding ortho intramolecular Hbond substituents is 1. The first kappa shape index (κ1) is 47.9. The summed E-state index contributed by atoms with van der Waals surface area (Å²) in [6.07, 6.45) is 2.86. The molecule has 0 radical (unpaired) electrons. The Kier molecular flexibility index (Phi) is 14.4. The highest BCUT2D eigenvalue weighted by Crippen LogP contribution is 2.42. The molecule has 6 bridgehead atoms. The molecule has 0 unspecified atom stereocenters. The van der Waals surface area contributed by atoms with E-state index in [-0.39, 0.29) is 49.8 Å². The molecule has 7 rings (SSSR count). The Balaban J connectivity index is 1.31. The third kappa shape index (κ3) is 9.90. The van der Waals surface area contributed by atoms with E-state index in [1.807, 2.05) is 39.0 Å². The molecule has 16 heteroatoms. The number of carbonyl (C=O) groups is 5. The summed E-state index contributed by atoms with van der Waals surface area (Å²) in [6.45, 7) is 13.4. The number of phenols is 1.